The number of aromatic nitrogens is 1. The van der Waals surface area contributed by atoms with Crippen LogP contribution < -0.4 is 5.32 Å². The van der Waals surface area contributed by atoms with Crippen molar-refractivity contribution < 1.29 is 18.0 Å². The fourth-order valence-corrected chi connectivity index (χ4v) is 8.14. The van der Waals surface area contributed by atoms with Gasteiger partial charge >= 0.3 is 0 Å². The lowest BCUT2D eigenvalue weighted by Crippen LogP contribution is -2.33. The molecule has 1 aliphatic rings. The molecule has 5 rings (SSSR count). The van der Waals surface area contributed by atoms with Crippen LogP contribution in [0.2, 0.25) is 0 Å². The first-order valence-electron chi connectivity index (χ1n) is 12.1. The van der Waals surface area contributed by atoms with E-state index in [-0.39, 0.29) is 35.3 Å². The summed E-state index contributed by atoms with van der Waals surface area (Å²) in [7, 11) is -3.45. The average Bonchev–Trinajstić information content (AvgIpc) is 3.44. The summed E-state index contributed by atoms with van der Waals surface area (Å²) in [5, 5.41) is 4.59. The zero-order valence-electron chi connectivity index (χ0n) is 20.6. The number of benzene rings is 2. The molecule has 2 amide bonds. The van der Waals surface area contributed by atoms with Crippen LogP contribution in [-0.2, 0) is 32.4 Å². The van der Waals surface area contributed by atoms with Gasteiger partial charge < -0.3 is 10.2 Å². The number of nitrogens with one attached hydrogen (secondary N) is 1. The van der Waals surface area contributed by atoms with E-state index in [1.165, 1.54) is 11.3 Å². The minimum absolute atomic E-state index is 0.0287. The molecular weight excluding hydrogens is 527 g/mol. The molecule has 7 nitrogen and oxygen atoms in total. The number of thiazole rings is 1. The number of carbonyl (C=O) groups excluding carboxylic acids is 2. The van der Waals surface area contributed by atoms with Gasteiger partial charge in [0.25, 0.3) is 0 Å². The van der Waals surface area contributed by atoms with Crippen LogP contribution >= 0.6 is 22.7 Å². The number of aryl methyl sites for hydroxylation is 1. The van der Waals surface area contributed by atoms with Gasteiger partial charge in [-0.25, -0.2) is 13.4 Å². The highest BCUT2D eigenvalue weighted by atomic mass is 32.2. The number of carbonyl (C=O) groups is 2. The number of hydrogen-bond donors (Lipinski definition) is 1. The summed E-state index contributed by atoms with van der Waals surface area (Å²) in [5.41, 5.74) is 3.94. The molecular formula is C27H27N3O4S3. The van der Waals surface area contributed by atoms with Crippen molar-refractivity contribution in [1.29, 1.82) is 0 Å². The predicted octanol–water partition coefficient (Wildman–Crippen LogP) is 5.43. The molecule has 0 saturated carbocycles. The molecule has 4 aromatic rings. The van der Waals surface area contributed by atoms with E-state index in [9.17, 15) is 18.0 Å². The van der Waals surface area contributed by atoms with Gasteiger partial charge in [-0.3, -0.25) is 9.59 Å². The van der Waals surface area contributed by atoms with E-state index in [2.05, 4.69) is 5.32 Å². The lowest BCUT2D eigenvalue weighted by molar-refractivity contribution is -0.129. The Morgan fingerprint density at radius 1 is 1.08 bits per heavy atom. The maximum Gasteiger partial charge on any atom is 0.225 e. The first-order valence-corrected chi connectivity index (χ1v) is 15.3. The second-order valence-corrected chi connectivity index (χ2v) is 13.4. The van der Waals surface area contributed by atoms with E-state index in [0.29, 0.717) is 24.5 Å². The highest BCUT2D eigenvalue weighted by Gasteiger charge is 2.28. The van der Waals surface area contributed by atoms with Gasteiger partial charge in [0, 0.05) is 30.3 Å². The molecule has 0 unspecified atom stereocenters. The Labute approximate surface area is 224 Å². The zero-order chi connectivity index (χ0) is 26.2. The van der Waals surface area contributed by atoms with E-state index < -0.39 is 9.84 Å². The number of para-hydroxylation sites is 1. The van der Waals surface area contributed by atoms with Gasteiger partial charge in [-0.2, -0.15) is 0 Å². The molecule has 1 N–H and O–H groups in total. The first-order chi connectivity index (χ1) is 17.7. The second-order valence-electron chi connectivity index (χ2n) is 9.17. The first kappa shape index (κ1) is 25.6. The van der Waals surface area contributed by atoms with Crippen molar-refractivity contribution in [3.05, 3.63) is 64.5 Å². The summed E-state index contributed by atoms with van der Waals surface area (Å²) in [6.45, 7) is 4.61. The van der Waals surface area contributed by atoms with Crippen molar-refractivity contribution in [1.82, 2.24) is 9.88 Å². The van der Waals surface area contributed by atoms with Crippen LogP contribution in [0, 0.1) is 6.92 Å². The molecule has 2 aromatic heterocycles. The van der Waals surface area contributed by atoms with Crippen molar-refractivity contribution in [3.8, 4) is 10.6 Å². The Kier molecular flexibility index (Phi) is 7.15. The second kappa shape index (κ2) is 10.4. The van der Waals surface area contributed by atoms with E-state index in [1.807, 2.05) is 36.1 Å². The van der Waals surface area contributed by atoms with Crippen LogP contribution in [0.1, 0.15) is 35.8 Å². The smallest absolute Gasteiger partial charge is 0.225 e. The molecule has 0 spiro atoms. The van der Waals surface area contributed by atoms with Crippen molar-refractivity contribution in [2.24, 2.45) is 0 Å². The standard InChI is InChI=1S/C27H27N3O4S3/c1-17-9-11-19(12-10-17)37(33,34)15-5-8-24(32)29-27-25(26-28-21-6-3-4-7-22(21)35-26)20-13-14-30(18(2)31)16-23(20)36-27/h3-4,6-7,9-12H,5,8,13-16H2,1-2H3,(H,29,32). The van der Waals surface area contributed by atoms with Gasteiger partial charge in [-0.15, -0.1) is 22.7 Å². The van der Waals surface area contributed by atoms with E-state index in [0.717, 1.165) is 36.8 Å². The number of hydrogen-bond acceptors (Lipinski definition) is 7. The lowest BCUT2D eigenvalue weighted by atomic mass is 10.0. The summed E-state index contributed by atoms with van der Waals surface area (Å²) >= 11 is 3.06. The third-order valence-electron chi connectivity index (χ3n) is 6.46. The number of anilines is 1. The van der Waals surface area contributed by atoms with Gasteiger partial charge in [-0.1, -0.05) is 29.8 Å². The van der Waals surface area contributed by atoms with Crippen LogP contribution in [0.25, 0.3) is 20.8 Å². The molecule has 0 bridgehead atoms. The zero-order valence-corrected chi connectivity index (χ0v) is 23.1. The fraction of sp³-hybridized carbons (Fsp3) is 0.296. The predicted molar refractivity (Wildman–Crippen MR) is 149 cm³/mol. The Morgan fingerprint density at radius 3 is 2.57 bits per heavy atom. The Bertz CT molecular complexity index is 1550. The third kappa shape index (κ3) is 5.46. The molecule has 0 fully saturated rings. The molecule has 0 saturated heterocycles. The quantitative estimate of drug-likeness (QED) is 0.329. The summed E-state index contributed by atoms with van der Waals surface area (Å²) in [6.07, 6.45) is 1.01. The molecule has 0 radical (unpaired) electrons. The average molecular weight is 554 g/mol. The Morgan fingerprint density at radius 2 is 1.84 bits per heavy atom. The van der Waals surface area contributed by atoms with Crippen molar-refractivity contribution in [3.63, 3.8) is 0 Å². The molecule has 10 heteroatoms. The van der Waals surface area contributed by atoms with E-state index >= 15 is 0 Å². The highest BCUT2D eigenvalue weighted by Crippen LogP contribution is 2.45. The third-order valence-corrected chi connectivity index (χ3v) is 10.5. The van der Waals surface area contributed by atoms with Crippen molar-refractivity contribution >= 4 is 59.5 Å². The number of amides is 2. The normalized spacial score (nSPS) is 13.5. The van der Waals surface area contributed by atoms with Crippen LogP contribution in [0.5, 0.6) is 0 Å². The maximum absolute atomic E-state index is 12.9. The van der Waals surface area contributed by atoms with Crippen LogP contribution in [0.15, 0.2) is 53.4 Å². The fourth-order valence-electron chi connectivity index (χ4n) is 4.44. The molecule has 192 valence electrons. The van der Waals surface area contributed by atoms with Crippen LogP contribution in [0.3, 0.4) is 0 Å². The number of fused-ring (bicyclic) bond motifs is 2. The maximum atomic E-state index is 12.9. The Balaban J connectivity index is 1.36. The van der Waals surface area contributed by atoms with Gasteiger partial charge in [-0.05, 0) is 49.6 Å². The minimum atomic E-state index is -3.45. The molecule has 0 atom stereocenters. The molecule has 2 aromatic carbocycles. The van der Waals surface area contributed by atoms with Crippen LogP contribution in [0.4, 0.5) is 5.00 Å². The van der Waals surface area contributed by atoms with Gasteiger partial charge in [0.05, 0.1) is 27.4 Å². The molecule has 1 aliphatic heterocycles. The highest BCUT2D eigenvalue weighted by molar-refractivity contribution is 7.91. The molecule has 0 aliphatic carbocycles. The number of nitrogens with zero attached hydrogens (tertiary/aromatic N) is 2. The topological polar surface area (TPSA) is 96.4 Å². The van der Waals surface area contributed by atoms with Gasteiger partial charge in [0.1, 0.15) is 10.0 Å². The van der Waals surface area contributed by atoms with Crippen molar-refractivity contribution in [2.75, 3.05) is 17.6 Å². The minimum Gasteiger partial charge on any atom is -0.337 e. The Hall–Kier alpha value is -3.08. The molecule has 37 heavy (non-hydrogen) atoms. The van der Waals surface area contributed by atoms with Crippen LogP contribution in [-0.4, -0.2) is 42.4 Å². The molecule has 3 heterocycles. The summed E-state index contributed by atoms with van der Waals surface area (Å²) in [5.74, 6) is -0.299. The lowest BCUT2D eigenvalue weighted by Gasteiger charge is -2.26. The summed E-state index contributed by atoms with van der Waals surface area (Å²) in [4.78, 5) is 32.9. The SMILES string of the molecule is CC(=O)N1CCc2c(sc(NC(=O)CCCS(=O)(=O)c3ccc(C)cc3)c2-c2nc3ccccc3s2)C1. The summed E-state index contributed by atoms with van der Waals surface area (Å²) < 4.78 is 26.4. The largest absolute Gasteiger partial charge is 0.337 e. The van der Waals surface area contributed by atoms with Crippen molar-refractivity contribution in [2.45, 2.75) is 44.6 Å². The monoisotopic (exact) mass is 553 g/mol. The van der Waals surface area contributed by atoms with E-state index in [1.54, 1.807) is 42.5 Å². The van der Waals surface area contributed by atoms with E-state index in [4.69, 9.17) is 4.98 Å². The number of thiophene rings is 1. The number of sulfone groups is 1. The van der Waals surface area contributed by atoms with Gasteiger partial charge in [0.2, 0.25) is 11.8 Å². The number of rotatable bonds is 7. The summed E-state index contributed by atoms with van der Waals surface area (Å²) in [6, 6.07) is 14.7. The van der Waals surface area contributed by atoms with Gasteiger partial charge in [0.15, 0.2) is 9.84 Å².